The molecule has 0 radical (unpaired) electrons. The zero-order valence-electron chi connectivity index (χ0n) is 3.89. The van der Waals surface area contributed by atoms with E-state index < -0.39 is 11.9 Å². The molecule has 1 fully saturated rings. The van der Waals surface area contributed by atoms with Gasteiger partial charge in [-0.15, -0.1) is 0 Å². The van der Waals surface area contributed by atoms with Crippen LogP contribution in [0.1, 0.15) is 12.8 Å². The van der Waals surface area contributed by atoms with Gasteiger partial charge in [-0.05, 0) is 12.8 Å². The van der Waals surface area contributed by atoms with Gasteiger partial charge >= 0.3 is 0 Å². The Morgan fingerprint density at radius 1 is 1.71 bits per heavy atom. The van der Waals surface area contributed by atoms with Crippen LogP contribution in [0, 0.1) is 0 Å². The SMILES string of the molecule is NC(O)C1(F)CC1. The van der Waals surface area contributed by atoms with Gasteiger partial charge in [-0.1, -0.05) is 0 Å². The van der Waals surface area contributed by atoms with Crippen LogP contribution in [0.2, 0.25) is 0 Å². The van der Waals surface area contributed by atoms with Gasteiger partial charge in [0.1, 0.15) is 11.9 Å². The van der Waals surface area contributed by atoms with Crippen molar-refractivity contribution < 1.29 is 9.50 Å². The van der Waals surface area contributed by atoms with E-state index in [9.17, 15) is 4.39 Å². The number of alkyl halides is 1. The van der Waals surface area contributed by atoms with E-state index in [1.807, 2.05) is 0 Å². The Balaban J connectivity index is 2.39. The molecule has 42 valence electrons. The second-order valence-corrected chi connectivity index (χ2v) is 1.98. The van der Waals surface area contributed by atoms with Crippen LogP contribution < -0.4 is 5.73 Å². The first-order valence-corrected chi connectivity index (χ1v) is 2.28. The summed E-state index contributed by atoms with van der Waals surface area (Å²) in [6, 6.07) is 0. The molecular formula is C4H8FNO. The van der Waals surface area contributed by atoms with Crippen LogP contribution in [0.5, 0.6) is 0 Å². The summed E-state index contributed by atoms with van der Waals surface area (Å²) >= 11 is 0. The van der Waals surface area contributed by atoms with Crippen LogP contribution >= 0.6 is 0 Å². The van der Waals surface area contributed by atoms with Crippen molar-refractivity contribution in [1.29, 1.82) is 0 Å². The van der Waals surface area contributed by atoms with E-state index >= 15 is 0 Å². The van der Waals surface area contributed by atoms with Crippen molar-refractivity contribution in [2.24, 2.45) is 5.73 Å². The quantitative estimate of drug-likeness (QED) is 0.452. The predicted molar refractivity (Wildman–Crippen MR) is 23.3 cm³/mol. The summed E-state index contributed by atoms with van der Waals surface area (Å²) in [5.74, 6) is 0. The molecule has 1 saturated carbocycles. The van der Waals surface area contributed by atoms with Crippen LogP contribution in [0.3, 0.4) is 0 Å². The first kappa shape index (κ1) is 5.00. The Kier molecular flexibility index (Phi) is 0.834. The fourth-order valence-electron chi connectivity index (χ4n) is 0.415. The standard InChI is InChI=1S/C4H8FNO/c5-4(1-2-4)3(6)7/h3,7H,1-2,6H2. The molecule has 0 aliphatic heterocycles. The largest absolute Gasteiger partial charge is 0.375 e. The molecule has 0 spiro atoms. The molecule has 0 amide bonds. The second kappa shape index (κ2) is 1.17. The van der Waals surface area contributed by atoms with E-state index in [2.05, 4.69) is 0 Å². The van der Waals surface area contributed by atoms with E-state index in [0.29, 0.717) is 12.8 Å². The van der Waals surface area contributed by atoms with Crippen molar-refractivity contribution in [2.75, 3.05) is 0 Å². The highest BCUT2D eigenvalue weighted by atomic mass is 19.1. The van der Waals surface area contributed by atoms with Crippen molar-refractivity contribution in [3.8, 4) is 0 Å². The number of hydrogen-bond donors (Lipinski definition) is 2. The molecule has 1 unspecified atom stereocenters. The van der Waals surface area contributed by atoms with Gasteiger partial charge in [0.15, 0.2) is 0 Å². The number of rotatable bonds is 1. The molecule has 7 heavy (non-hydrogen) atoms. The Bertz CT molecular complexity index is 79.8. The third-order valence-electron chi connectivity index (χ3n) is 1.26. The molecule has 0 aromatic carbocycles. The molecule has 0 heterocycles. The van der Waals surface area contributed by atoms with Gasteiger partial charge in [0.05, 0.1) is 0 Å². The lowest BCUT2D eigenvalue weighted by Crippen LogP contribution is -2.32. The molecule has 0 aromatic rings. The highest BCUT2D eigenvalue weighted by Gasteiger charge is 2.48. The number of hydrogen-bond acceptors (Lipinski definition) is 2. The minimum Gasteiger partial charge on any atom is -0.375 e. The molecular weight excluding hydrogens is 97.0 g/mol. The van der Waals surface area contributed by atoms with E-state index in [1.54, 1.807) is 0 Å². The molecule has 0 bridgehead atoms. The summed E-state index contributed by atoms with van der Waals surface area (Å²) in [5.41, 5.74) is 3.40. The number of aliphatic hydroxyl groups excluding tert-OH is 1. The molecule has 1 aliphatic carbocycles. The molecule has 1 atom stereocenters. The minimum atomic E-state index is -1.42. The summed E-state index contributed by atoms with van der Waals surface area (Å²) < 4.78 is 12.2. The fraction of sp³-hybridized carbons (Fsp3) is 1.00. The average Bonchev–Trinajstić information content (AvgIpc) is 2.21. The van der Waals surface area contributed by atoms with E-state index in [0.717, 1.165) is 0 Å². The van der Waals surface area contributed by atoms with Crippen molar-refractivity contribution in [1.82, 2.24) is 0 Å². The third-order valence-corrected chi connectivity index (χ3v) is 1.26. The van der Waals surface area contributed by atoms with E-state index in [4.69, 9.17) is 10.8 Å². The van der Waals surface area contributed by atoms with Crippen LogP contribution in [-0.4, -0.2) is 17.0 Å². The Morgan fingerprint density at radius 3 is 2.14 bits per heavy atom. The highest BCUT2D eigenvalue weighted by Crippen LogP contribution is 2.40. The summed E-state index contributed by atoms with van der Waals surface area (Å²) in [7, 11) is 0. The molecule has 2 nitrogen and oxygen atoms in total. The van der Waals surface area contributed by atoms with Gasteiger partial charge in [-0.25, -0.2) is 4.39 Å². The Labute approximate surface area is 41.1 Å². The molecule has 1 aliphatic rings. The lowest BCUT2D eigenvalue weighted by molar-refractivity contribution is 0.0666. The normalized spacial score (nSPS) is 29.6. The summed E-state index contributed by atoms with van der Waals surface area (Å²) in [6.45, 7) is 0. The molecule has 0 saturated heterocycles. The topological polar surface area (TPSA) is 46.2 Å². The van der Waals surface area contributed by atoms with Gasteiger partial charge in [0.2, 0.25) is 0 Å². The Hall–Kier alpha value is -0.150. The van der Waals surface area contributed by atoms with Crippen molar-refractivity contribution in [3.05, 3.63) is 0 Å². The van der Waals surface area contributed by atoms with Gasteiger partial charge in [-0.2, -0.15) is 0 Å². The number of aliphatic hydroxyl groups is 1. The first-order valence-electron chi connectivity index (χ1n) is 2.28. The number of nitrogens with two attached hydrogens (primary N) is 1. The maximum atomic E-state index is 12.2. The van der Waals surface area contributed by atoms with Crippen molar-refractivity contribution in [3.63, 3.8) is 0 Å². The summed E-state index contributed by atoms with van der Waals surface area (Å²) in [5, 5.41) is 8.35. The van der Waals surface area contributed by atoms with Gasteiger partial charge in [0, 0.05) is 0 Å². The molecule has 3 N–H and O–H groups in total. The maximum Gasteiger partial charge on any atom is 0.150 e. The van der Waals surface area contributed by atoms with Gasteiger partial charge < -0.3 is 10.8 Å². The maximum absolute atomic E-state index is 12.2. The van der Waals surface area contributed by atoms with Crippen LogP contribution in [0.25, 0.3) is 0 Å². The Morgan fingerprint density at radius 2 is 2.14 bits per heavy atom. The van der Waals surface area contributed by atoms with Gasteiger partial charge in [-0.3, -0.25) is 0 Å². The monoisotopic (exact) mass is 105 g/mol. The second-order valence-electron chi connectivity index (χ2n) is 1.98. The van der Waals surface area contributed by atoms with Crippen molar-refractivity contribution >= 4 is 0 Å². The van der Waals surface area contributed by atoms with E-state index in [1.165, 1.54) is 0 Å². The van der Waals surface area contributed by atoms with Gasteiger partial charge in [0.25, 0.3) is 0 Å². The summed E-state index contributed by atoms with van der Waals surface area (Å²) in [4.78, 5) is 0. The van der Waals surface area contributed by atoms with Crippen LogP contribution in [0.15, 0.2) is 0 Å². The van der Waals surface area contributed by atoms with E-state index in [-0.39, 0.29) is 0 Å². The zero-order valence-corrected chi connectivity index (χ0v) is 3.89. The highest BCUT2D eigenvalue weighted by molar-refractivity contribution is 4.97. The van der Waals surface area contributed by atoms with Crippen LogP contribution in [-0.2, 0) is 0 Å². The summed E-state index contributed by atoms with van der Waals surface area (Å²) in [6.07, 6.45) is -0.414. The number of halogens is 1. The zero-order chi connectivity index (χ0) is 5.49. The molecule has 3 heteroatoms. The van der Waals surface area contributed by atoms with Crippen molar-refractivity contribution in [2.45, 2.75) is 24.7 Å². The first-order chi connectivity index (χ1) is 3.15. The lowest BCUT2D eigenvalue weighted by atomic mass is 10.3. The predicted octanol–water partition coefficient (Wildman–Crippen LogP) is -0.234. The minimum absolute atomic E-state index is 0.421. The fourth-order valence-corrected chi connectivity index (χ4v) is 0.415. The van der Waals surface area contributed by atoms with Crippen LogP contribution in [0.4, 0.5) is 4.39 Å². The average molecular weight is 105 g/mol. The lowest BCUT2D eigenvalue weighted by Gasteiger charge is -2.05. The molecule has 0 aromatic heterocycles. The molecule has 1 rings (SSSR count). The smallest absolute Gasteiger partial charge is 0.150 e. The third kappa shape index (κ3) is 0.737.